The maximum atomic E-state index is 11.3. The summed E-state index contributed by atoms with van der Waals surface area (Å²) in [6, 6.07) is 7.06. The van der Waals surface area contributed by atoms with Crippen LogP contribution in [0.4, 0.5) is 0 Å². The molecule has 0 heterocycles. The van der Waals surface area contributed by atoms with Crippen LogP contribution in [-0.4, -0.2) is 18.5 Å². The highest BCUT2D eigenvalue weighted by Crippen LogP contribution is 2.12. The summed E-state index contributed by atoms with van der Waals surface area (Å²) in [5, 5.41) is 0. The lowest BCUT2D eigenvalue weighted by Gasteiger charge is -2.04. The monoisotopic (exact) mass is 222 g/mol. The molecule has 1 rings (SSSR count). The number of carbonyl (C=O) groups is 2. The van der Waals surface area contributed by atoms with Crippen LogP contribution in [0.2, 0.25) is 0 Å². The third-order valence-corrected chi connectivity index (χ3v) is 1.82. The Kier molecular flexibility index (Phi) is 4.51. The van der Waals surface area contributed by atoms with Crippen molar-refractivity contribution in [3.63, 3.8) is 0 Å². The zero-order valence-electron chi connectivity index (χ0n) is 9.36. The van der Waals surface area contributed by atoms with E-state index < -0.39 is 11.9 Å². The van der Waals surface area contributed by atoms with Crippen molar-refractivity contribution in [2.75, 3.05) is 6.61 Å². The van der Waals surface area contributed by atoms with Gasteiger partial charge in [-0.3, -0.25) is 9.59 Å². The van der Waals surface area contributed by atoms with Gasteiger partial charge in [-0.1, -0.05) is 12.1 Å². The molecule has 0 radical (unpaired) electrons. The summed E-state index contributed by atoms with van der Waals surface area (Å²) in [6.07, 6.45) is -0.359. The Morgan fingerprint density at radius 3 is 2.62 bits per heavy atom. The van der Waals surface area contributed by atoms with Crippen LogP contribution in [0.1, 0.15) is 18.9 Å². The van der Waals surface area contributed by atoms with Crippen LogP contribution < -0.4 is 4.74 Å². The smallest absolute Gasteiger partial charge is 0.322 e. The summed E-state index contributed by atoms with van der Waals surface area (Å²) in [5.41, 5.74) is 0.987. The zero-order chi connectivity index (χ0) is 12.0. The van der Waals surface area contributed by atoms with E-state index in [1.807, 2.05) is 13.0 Å². The van der Waals surface area contributed by atoms with Crippen molar-refractivity contribution in [3.05, 3.63) is 29.8 Å². The van der Waals surface area contributed by atoms with E-state index in [2.05, 4.69) is 4.74 Å². The number of benzene rings is 1. The molecule has 0 bridgehead atoms. The second kappa shape index (κ2) is 5.90. The molecule has 4 nitrogen and oxygen atoms in total. The van der Waals surface area contributed by atoms with Gasteiger partial charge in [-0.25, -0.2) is 0 Å². The molecular formula is C12H14O4. The van der Waals surface area contributed by atoms with Gasteiger partial charge in [0.05, 0.1) is 6.61 Å². The van der Waals surface area contributed by atoms with E-state index in [0.717, 1.165) is 5.56 Å². The van der Waals surface area contributed by atoms with Crippen LogP contribution >= 0.6 is 0 Å². The minimum Gasteiger partial charge on any atom is -0.466 e. The fraction of sp³-hybridized carbons (Fsp3) is 0.333. The van der Waals surface area contributed by atoms with E-state index in [1.54, 1.807) is 25.1 Å². The lowest BCUT2D eigenvalue weighted by molar-refractivity contribution is -0.149. The molecule has 0 saturated carbocycles. The highest BCUT2D eigenvalue weighted by atomic mass is 16.6. The van der Waals surface area contributed by atoms with E-state index in [-0.39, 0.29) is 13.0 Å². The van der Waals surface area contributed by atoms with E-state index in [4.69, 9.17) is 4.74 Å². The molecule has 0 unspecified atom stereocenters. The second-order valence-electron chi connectivity index (χ2n) is 3.27. The quantitative estimate of drug-likeness (QED) is 0.443. The summed E-state index contributed by atoms with van der Waals surface area (Å²) in [4.78, 5) is 22.3. The largest absolute Gasteiger partial charge is 0.466 e. The first-order valence-electron chi connectivity index (χ1n) is 5.04. The molecule has 86 valence electrons. The lowest BCUT2D eigenvalue weighted by atomic mass is 10.2. The molecule has 16 heavy (non-hydrogen) atoms. The highest BCUT2D eigenvalue weighted by molar-refractivity contribution is 5.92. The minimum atomic E-state index is -0.607. The Morgan fingerprint density at radius 2 is 2.00 bits per heavy atom. The number of hydrogen-bond donors (Lipinski definition) is 0. The summed E-state index contributed by atoms with van der Waals surface area (Å²) < 4.78 is 9.61. The lowest BCUT2D eigenvalue weighted by Crippen LogP contribution is -2.16. The normalized spacial score (nSPS) is 9.62. The summed E-state index contributed by atoms with van der Waals surface area (Å²) in [6.45, 7) is 3.84. The van der Waals surface area contributed by atoms with Crippen molar-refractivity contribution in [3.8, 4) is 5.75 Å². The number of ether oxygens (including phenoxy) is 2. The third kappa shape index (κ3) is 4.13. The predicted molar refractivity (Wildman–Crippen MR) is 58.1 cm³/mol. The topological polar surface area (TPSA) is 52.6 Å². The highest BCUT2D eigenvalue weighted by Gasteiger charge is 2.12. The molecule has 0 atom stereocenters. The van der Waals surface area contributed by atoms with Gasteiger partial charge in [-0.2, -0.15) is 0 Å². The standard InChI is InChI=1S/C12H14O4/c1-3-15-11(13)8-12(14)16-10-6-4-5-9(2)7-10/h4-7H,3,8H2,1-2H3. The molecule has 1 aromatic carbocycles. The molecule has 0 aliphatic carbocycles. The molecule has 0 amide bonds. The van der Waals surface area contributed by atoms with Gasteiger partial charge in [0.1, 0.15) is 12.2 Å². The van der Waals surface area contributed by atoms with Gasteiger partial charge < -0.3 is 9.47 Å². The number of esters is 2. The molecular weight excluding hydrogens is 208 g/mol. The van der Waals surface area contributed by atoms with Crippen LogP contribution in [-0.2, 0) is 14.3 Å². The minimum absolute atomic E-state index is 0.260. The van der Waals surface area contributed by atoms with Gasteiger partial charge in [0, 0.05) is 0 Å². The van der Waals surface area contributed by atoms with Gasteiger partial charge >= 0.3 is 11.9 Å². The maximum Gasteiger partial charge on any atom is 0.322 e. The van der Waals surface area contributed by atoms with Gasteiger partial charge in [0.25, 0.3) is 0 Å². The van der Waals surface area contributed by atoms with Crippen molar-refractivity contribution >= 4 is 11.9 Å². The van der Waals surface area contributed by atoms with E-state index in [9.17, 15) is 9.59 Å². The fourth-order valence-electron chi connectivity index (χ4n) is 1.18. The van der Waals surface area contributed by atoms with Crippen molar-refractivity contribution < 1.29 is 19.1 Å². The Balaban J connectivity index is 2.48. The van der Waals surface area contributed by atoms with Crippen LogP contribution in [0, 0.1) is 6.92 Å². The molecule has 0 spiro atoms. The zero-order valence-corrected chi connectivity index (χ0v) is 9.36. The molecule has 0 aliphatic rings. The molecule has 4 heteroatoms. The van der Waals surface area contributed by atoms with Gasteiger partial charge in [-0.15, -0.1) is 0 Å². The van der Waals surface area contributed by atoms with Crippen LogP contribution in [0.25, 0.3) is 0 Å². The Hall–Kier alpha value is -1.84. The molecule has 0 saturated heterocycles. The van der Waals surface area contributed by atoms with Gasteiger partial charge in [0.2, 0.25) is 0 Å². The molecule has 1 aromatic rings. The summed E-state index contributed by atoms with van der Waals surface area (Å²) in [5.74, 6) is -0.737. The Morgan fingerprint density at radius 1 is 1.25 bits per heavy atom. The van der Waals surface area contributed by atoms with Crippen molar-refractivity contribution in [1.29, 1.82) is 0 Å². The number of aryl methyl sites for hydroxylation is 1. The van der Waals surface area contributed by atoms with E-state index in [1.165, 1.54) is 0 Å². The number of rotatable bonds is 4. The Bertz CT molecular complexity index is 384. The number of carbonyl (C=O) groups excluding carboxylic acids is 2. The SMILES string of the molecule is CCOC(=O)CC(=O)Oc1cccc(C)c1. The van der Waals surface area contributed by atoms with Crippen LogP contribution in [0.15, 0.2) is 24.3 Å². The summed E-state index contributed by atoms with van der Waals surface area (Å²) in [7, 11) is 0. The van der Waals surface area contributed by atoms with E-state index in [0.29, 0.717) is 5.75 Å². The van der Waals surface area contributed by atoms with Crippen molar-refractivity contribution in [1.82, 2.24) is 0 Å². The molecule has 0 N–H and O–H groups in total. The average molecular weight is 222 g/mol. The van der Waals surface area contributed by atoms with Crippen molar-refractivity contribution in [2.24, 2.45) is 0 Å². The first-order valence-corrected chi connectivity index (χ1v) is 5.04. The van der Waals surface area contributed by atoms with Crippen molar-refractivity contribution in [2.45, 2.75) is 20.3 Å². The third-order valence-electron chi connectivity index (χ3n) is 1.82. The first kappa shape index (κ1) is 12.2. The van der Waals surface area contributed by atoms with Crippen LogP contribution in [0.3, 0.4) is 0 Å². The predicted octanol–water partition coefficient (Wildman–Crippen LogP) is 1.85. The van der Waals surface area contributed by atoms with Gasteiger partial charge in [-0.05, 0) is 31.5 Å². The average Bonchev–Trinajstić information content (AvgIpc) is 2.17. The second-order valence-corrected chi connectivity index (χ2v) is 3.27. The Labute approximate surface area is 94.2 Å². The fourth-order valence-corrected chi connectivity index (χ4v) is 1.18. The summed E-state index contributed by atoms with van der Waals surface area (Å²) >= 11 is 0. The number of hydrogen-bond acceptors (Lipinski definition) is 4. The molecule has 0 aliphatic heterocycles. The first-order chi connectivity index (χ1) is 7.61. The van der Waals surface area contributed by atoms with Crippen LogP contribution in [0.5, 0.6) is 5.75 Å². The van der Waals surface area contributed by atoms with Gasteiger partial charge in [0.15, 0.2) is 0 Å². The van der Waals surface area contributed by atoms with E-state index >= 15 is 0 Å². The molecule has 0 fully saturated rings. The maximum absolute atomic E-state index is 11.3. The molecule has 0 aromatic heterocycles.